The quantitative estimate of drug-likeness (QED) is 0.125. The van der Waals surface area contributed by atoms with Gasteiger partial charge < -0.3 is 9.47 Å². The number of hydrogen-bond acceptors (Lipinski definition) is 2. The molecular formula is C52H44O2. The number of hydrogen-bond donors (Lipinski definition) is 0. The largest absolute Gasteiger partial charge is 0.496 e. The maximum Gasteiger partial charge on any atom is 0.141 e. The van der Waals surface area contributed by atoms with Crippen LogP contribution in [0.25, 0.3) is 11.1 Å². The summed E-state index contributed by atoms with van der Waals surface area (Å²) < 4.78 is 11.7. The van der Waals surface area contributed by atoms with Crippen molar-refractivity contribution in [3.05, 3.63) is 180 Å². The minimum atomic E-state index is -0.530. The van der Waals surface area contributed by atoms with Crippen molar-refractivity contribution in [2.45, 2.75) is 38.7 Å². The predicted octanol–water partition coefficient (Wildman–Crippen LogP) is 10.6. The Hall–Kier alpha value is -6.12. The maximum atomic E-state index is 5.98. The Bertz CT molecular complexity index is 2260. The number of para-hydroxylation sites is 1. The van der Waals surface area contributed by atoms with Gasteiger partial charge >= 0.3 is 0 Å². The Kier molecular flexibility index (Phi) is 13.3. The SMILES string of the molecule is C#CC(OCC=C)/C1=C(C#CC(CC#CC2=C[C@H](C(C)C#CCCC3=C[CH]3)C=CC=C2)C2=C[C]2c2ccccc2-c2ccccc2OC)/C=C\C=C=CC1. The zero-order valence-electron chi connectivity index (χ0n) is 31.1. The van der Waals surface area contributed by atoms with E-state index in [9.17, 15) is 0 Å². The number of terminal acetylenes is 1. The normalized spacial score (nSPS) is 20.2. The average molecular weight is 701 g/mol. The van der Waals surface area contributed by atoms with Gasteiger partial charge in [0.1, 0.15) is 11.9 Å². The first-order valence-corrected chi connectivity index (χ1v) is 18.5. The van der Waals surface area contributed by atoms with E-state index in [2.05, 4.69) is 140 Å². The van der Waals surface area contributed by atoms with Crippen LogP contribution in [-0.4, -0.2) is 19.8 Å². The molecule has 0 spiro atoms. The lowest BCUT2D eigenvalue weighted by Gasteiger charge is -2.16. The molecule has 264 valence electrons. The molecule has 2 aromatic carbocycles. The van der Waals surface area contributed by atoms with Crippen molar-refractivity contribution in [1.82, 2.24) is 0 Å². The van der Waals surface area contributed by atoms with Gasteiger partial charge in [-0.15, -0.1) is 24.7 Å². The lowest BCUT2D eigenvalue weighted by molar-refractivity contribution is 0.139. The second-order valence-corrected chi connectivity index (χ2v) is 13.3. The average Bonchev–Trinajstić information content (AvgIpc) is 4.12. The summed E-state index contributed by atoms with van der Waals surface area (Å²) in [4.78, 5) is 0. The Labute approximate surface area is 322 Å². The molecule has 0 heterocycles. The summed E-state index contributed by atoms with van der Waals surface area (Å²) >= 11 is 0. The fourth-order valence-electron chi connectivity index (χ4n) is 6.38. The molecule has 0 amide bonds. The van der Waals surface area contributed by atoms with Crippen LogP contribution in [0.5, 0.6) is 5.75 Å². The van der Waals surface area contributed by atoms with E-state index < -0.39 is 6.10 Å². The van der Waals surface area contributed by atoms with Crippen molar-refractivity contribution >= 4 is 0 Å². The second-order valence-electron chi connectivity index (χ2n) is 13.3. The molecule has 0 fully saturated rings. The summed E-state index contributed by atoms with van der Waals surface area (Å²) in [7, 11) is 1.71. The Morgan fingerprint density at radius 3 is 2.59 bits per heavy atom. The Morgan fingerprint density at radius 1 is 0.981 bits per heavy atom. The van der Waals surface area contributed by atoms with E-state index in [-0.39, 0.29) is 17.8 Å². The topological polar surface area (TPSA) is 18.5 Å². The van der Waals surface area contributed by atoms with E-state index in [0.717, 1.165) is 52.0 Å². The molecule has 0 bridgehead atoms. The van der Waals surface area contributed by atoms with E-state index in [1.54, 1.807) is 13.2 Å². The van der Waals surface area contributed by atoms with Crippen LogP contribution >= 0.6 is 0 Å². The smallest absolute Gasteiger partial charge is 0.141 e. The van der Waals surface area contributed by atoms with Gasteiger partial charge in [-0.2, -0.15) is 0 Å². The van der Waals surface area contributed by atoms with Gasteiger partial charge in [0.2, 0.25) is 0 Å². The van der Waals surface area contributed by atoms with E-state index in [0.29, 0.717) is 19.4 Å². The van der Waals surface area contributed by atoms with E-state index in [1.807, 2.05) is 42.5 Å². The zero-order valence-corrected chi connectivity index (χ0v) is 31.1. The highest BCUT2D eigenvalue weighted by Gasteiger charge is 2.34. The van der Waals surface area contributed by atoms with Crippen LogP contribution in [0.3, 0.4) is 0 Å². The van der Waals surface area contributed by atoms with Crippen molar-refractivity contribution in [3.63, 3.8) is 0 Å². The van der Waals surface area contributed by atoms with Gasteiger partial charge in [0.25, 0.3) is 0 Å². The van der Waals surface area contributed by atoms with Crippen molar-refractivity contribution in [2.75, 3.05) is 13.7 Å². The Balaban J connectivity index is 1.30. The molecule has 2 nitrogen and oxygen atoms in total. The lowest BCUT2D eigenvalue weighted by atomic mass is 9.90. The highest BCUT2D eigenvalue weighted by Crippen LogP contribution is 2.48. The molecule has 0 saturated carbocycles. The fourth-order valence-corrected chi connectivity index (χ4v) is 6.38. The molecule has 4 aliphatic rings. The van der Waals surface area contributed by atoms with Gasteiger partial charge in [0, 0.05) is 47.8 Å². The monoisotopic (exact) mass is 700 g/mol. The van der Waals surface area contributed by atoms with Crippen LogP contribution in [-0.2, 0) is 4.74 Å². The van der Waals surface area contributed by atoms with Gasteiger partial charge in [0.05, 0.1) is 25.6 Å². The third-order valence-corrected chi connectivity index (χ3v) is 9.47. The first-order chi connectivity index (χ1) is 26.6. The van der Waals surface area contributed by atoms with Crippen molar-refractivity contribution in [3.8, 4) is 64.7 Å². The molecule has 6 rings (SSSR count). The van der Waals surface area contributed by atoms with Crippen LogP contribution in [0.2, 0.25) is 0 Å². The van der Waals surface area contributed by atoms with E-state index in [1.165, 1.54) is 17.1 Å². The van der Waals surface area contributed by atoms with Crippen LogP contribution in [0.15, 0.2) is 162 Å². The summed E-state index contributed by atoms with van der Waals surface area (Å²) in [5.74, 6) is 26.0. The first kappa shape index (κ1) is 37.6. The molecule has 0 aromatic heterocycles. The fraction of sp³-hybridized carbons (Fsp3) is 0.212. The van der Waals surface area contributed by atoms with Gasteiger partial charge in [-0.25, -0.2) is 0 Å². The third-order valence-electron chi connectivity index (χ3n) is 9.47. The Morgan fingerprint density at radius 2 is 1.80 bits per heavy atom. The van der Waals surface area contributed by atoms with Crippen LogP contribution < -0.4 is 4.74 Å². The molecule has 54 heavy (non-hydrogen) atoms. The van der Waals surface area contributed by atoms with Crippen molar-refractivity contribution < 1.29 is 9.47 Å². The number of benzene rings is 2. The molecule has 4 aliphatic carbocycles. The highest BCUT2D eigenvalue weighted by atomic mass is 16.5. The summed E-state index contributed by atoms with van der Waals surface area (Å²) in [5, 5.41) is 0. The number of allylic oxidation sites excluding steroid dienone is 14. The molecule has 0 saturated heterocycles. The van der Waals surface area contributed by atoms with Gasteiger partial charge in [0.15, 0.2) is 0 Å². The van der Waals surface area contributed by atoms with E-state index >= 15 is 0 Å². The second kappa shape index (κ2) is 19.1. The number of methoxy groups -OCH3 is 1. The van der Waals surface area contributed by atoms with Crippen molar-refractivity contribution in [2.24, 2.45) is 17.8 Å². The standard InChI is InChI=1S/C52H44O2/c1-5-36-54-51(6-2)45-27-10-8-7-9-24-42(45)34-35-43(49-38-50(49)47-29-16-15-28-46(47)48-30-17-18-31-52(48)53-4)26-19-23-41-22-13-14-25-44(37-41)39(3)20-11-12-21-40-32-33-40/h2,5,7,9-10,13-18,22,24-25,28-33,37-39,43-44,51H,1,12,21,26-27,36H2,3-4H3/b24-9-,45-42-/t8?,39?,43?,44-,51?/m1/s1. The van der Waals surface area contributed by atoms with E-state index in [4.69, 9.17) is 15.9 Å². The summed E-state index contributed by atoms with van der Waals surface area (Å²) in [6, 6.07) is 16.6. The van der Waals surface area contributed by atoms with Gasteiger partial charge in [-0.3, -0.25) is 0 Å². The van der Waals surface area contributed by atoms with Crippen LogP contribution in [0, 0.1) is 78.0 Å². The van der Waals surface area contributed by atoms with Gasteiger partial charge in [-0.05, 0) is 65.5 Å². The van der Waals surface area contributed by atoms with Crippen LogP contribution in [0.1, 0.15) is 38.2 Å². The minimum Gasteiger partial charge on any atom is -0.496 e. The molecule has 4 atom stereocenters. The predicted molar refractivity (Wildman–Crippen MR) is 223 cm³/mol. The summed E-state index contributed by atoms with van der Waals surface area (Å²) in [6.07, 6.45) is 35.3. The first-order valence-electron chi connectivity index (χ1n) is 18.5. The molecule has 2 radical (unpaired) electrons. The summed E-state index contributed by atoms with van der Waals surface area (Å²) in [5.41, 5.74) is 11.8. The lowest BCUT2D eigenvalue weighted by Crippen LogP contribution is -2.15. The highest BCUT2D eigenvalue weighted by molar-refractivity contribution is 5.81. The summed E-state index contributed by atoms with van der Waals surface area (Å²) in [6.45, 7) is 6.33. The molecule has 2 heteroatoms. The molecular weight excluding hydrogens is 657 g/mol. The van der Waals surface area contributed by atoms with Crippen LogP contribution in [0.4, 0.5) is 0 Å². The third kappa shape index (κ3) is 10.3. The molecule has 3 unspecified atom stereocenters. The maximum absolute atomic E-state index is 5.98. The molecule has 2 aromatic rings. The minimum absolute atomic E-state index is 0.136. The number of ether oxygens (including phenoxy) is 2. The molecule has 0 N–H and O–H groups in total. The van der Waals surface area contributed by atoms with Crippen molar-refractivity contribution in [1.29, 1.82) is 0 Å². The molecule has 0 aliphatic heterocycles. The number of rotatable bonds is 12. The zero-order chi connectivity index (χ0) is 37.5. The van der Waals surface area contributed by atoms with Gasteiger partial charge in [-0.1, -0.05) is 139 Å².